The van der Waals surface area contributed by atoms with Crippen molar-refractivity contribution in [2.24, 2.45) is 11.8 Å². The number of benzene rings is 1. The molecule has 180 valence electrons. The highest BCUT2D eigenvalue weighted by Crippen LogP contribution is 2.46. The zero-order valence-corrected chi connectivity index (χ0v) is 20.4. The molecular weight excluding hydrogens is 414 g/mol. The topological polar surface area (TPSA) is 61.9 Å². The molecule has 0 spiro atoms. The molecule has 6 heteroatoms. The minimum atomic E-state index is -0.534. The van der Waals surface area contributed by atoms with Gasteiger partial charge in [0.05, 0.1) is 0 Å². The van der Waals surface area contributed by atoms with Crippen molar-refractivity contribution in [2.45, 2.75) is 64.5 Å². The molecule has 2 aliphatic carbocycles. The van der Waals surface area contributed by atoms with Crippen LogP contribution < -0.4 is 5.32 Å². The highest BCUT2D eigenvalue weighted by molar-refractivity contribution is 5.77. The molecule has 1 saturated heterocycles. The van der Waals surface area contributed by atoms with Crippen molar-refractivity contribution >= 4 is 18.1 Å². The van der Waals surface area contributed by atoms with Crippen molar-refractivity contribution in [3.63, 3.8) is 0 Å². The Kier molecular flexibility index (Phi) is 7.42. The van der Waals surface area contributed by atoms with Gasteiger partial charge in [0.1, 0.15) is 5.60 Å². The Morgan fingerprint density at radius 2 is 1.79 bits per heavy atom. The van der Waals surface area contributed by atoms with Gasteiger partial charge in [0.15, 0.2) is 0 Å². The van der Waals surface area contributed by atoms with E-state index in [1.807, 2.05) is 25.7 Å². The minimum Gasteiger partial charge on any atom is -0.444 e. The summed E-state index contributed by atoms with van der Waals surface area (Å²) in [5.74, 6) is 1.40. The summed E-state index contributed by atoms with van der Waals surface area (Å²) in [5.41, 5.74) is 2.27. The molecule has 0 aromatic heterocycles. The number of carbonyl (C=O) groups is 2. The van der Waals surface area contributed by atoms with Gasteiger partial charge in [-0.05, 0) is 56.6 Å². The van der Waals surface area contributed by atoms with Crippen molar-refractivity contribution in [1.29, 1.82) is 0 Å². The Bertz CT molecular complexity index is 868. The summed E-state index contributed by atoms with van der Waals surface area (Å²) in [4.78, 5) is 29.1. The van der Waals surface area contributed by atoms with E-state index in [-0.39, 0.29) is 5.91 Å². The normalized spacial score (nSPS) is 25.5. The van der Waals surface area contributed by atoms with E-state index in [1.165, 1.54) is 36.8 Å². The lowest BCUT2D eigenvalue weighted by Crippen LogP contribution is -2.51. The van der Waals surface area contributed by atoms with Crippen LogP contribution in [-0.4, -0.2) is 60.1 Å². The number of alkyl carbamates (subject to hydrolysis) is 1. The van der Waals surface area contributed by atoms with E-state index >= 15 is 0 Å². The van der Waals surface area contributed by atoms with Crippen molar-refractivity contribution in [1.82, 2.24) is 15.1 Å². The van der Waals surface area contributed by atoms with Gasteiger partial charge < -0.3 is 15.0 Å². The van der Waals surface area contributed by atoms with Crippen LogP contribution in [-0.2, 0) is 9.53 Å². The van der Waals surface area contributed by atoms with E-state index in [2.05, 4.69) is 46.6 Å². The highest BCUT2D eigenvalue weighted by Gasteiger charge is 2.38. The molecular formula is C27H39N3O3. The number of amides is 2. The maximum atomic E-state index is 12.7. The zero-order valence-electron chi connectivity index (χ0n) is 20.4. The molecule has 1 aromatic rings. The molecule has 3 unspecified atom stereocenters. The van der Waals surface area contributed by atoms with E-state index in [1.54, 1.807) is 0 Å². The molecule has 2 fully saturated rings. The van der Waals surface area contributed by atoms with Gasteiger partial charge in [-0.25, -0.2) is 4.79 Å². The summed E-state index contributed by atoms with van der Waals surface area (Å²) in [5, 5.41) is 2.69. The monoisotopic (exact) mass is 453 g/mol. The molecule has 1 heterocycles. The van der Waals surface area contributed by atoms with Crippen LogP contribution in [0.5, 0.6) is 0 Å². The number of nitrogens with one attached hydrogen (secondary N) is 1. The third-order valence-electron chi connectivity index (χ3n) is 7.19. The second-order valence-corrected chi connectivity index (χ2v) is 10.6. The summed E-state index contributed by atoms with van der Waals surface area (Å²) in [6.45, 7) is 9.07. The Morgan fingerprint density at radius 1 is 1.06 bits per heavy atom. The molecule has 3 atom stereocenters. The number of ether oxygens (including phenoxy) is 1. The second kappa shape index (κ2) is 10.3. The number of piperazine rings is 1. The molecule has 1 saturated carbocycles. The van der Waals surface area contributed by atoms with Gasteiger partial charge in [-0.2, -0.15) is 0 Å². The standard InChI is InChI=1S/C27H39N3O3/c1-27(2,3)33-26(32)28-15-14-24(31)29-16-18-30(19-17-29)25-22-10-6-4-8-20(22)12-13-21-9-5-7-11-23(21)25/h4,6,8,10,12-13,21,23,25H,5,7,9,11,14-19H2,1-3H3,(H,28,32). The first kappa shape index (κ1) is 23.8. The van der Waals surface area contributed by atoms with Crippen molar-refractivity contribution in [3.8, 4) is 0 Å². The predicted octanol–water partition coefficient (Wildman–Crippen LogP) is 4.62. The molecule has 1 aromatic carbocycles. The minimum absolute atomic E-state index is 0.101. The summed E-state index contributed by atoms with van der Waals surface area (Å²) >= 11 is 0. The molecule has 2 amide bonds. The molecule has 6 nitrogen and oxygen atoms in total. The molecule has 1 N–H and O–H groups in total. The van der Waals surface area contributed by atoms with Gasteiger partial charge in [-0.1, -0.05) is 49.3 Å². The quantitative estimate of drug-likeness (QED) is 0.723. The van der Waals surface area contributed by atoms with Gasteiger partial charge in [-0.15, -0.1) is 0 Å². The lowest BCUT2D eigenvalue weighted by molar-refractivity contribution is -0.133. The number of hydrogen-bond donors (Lipinski definition) is 1. The van der Waals surface area contributed by atoms with Crippen LogP contribution in [0.1, 0.15) is 70.0 Å². The van der Waals surface area contributed by atoms with Gasteiger partial charge in [0.25, 0.3) is 0 Å². The van der Waals surface area contributed by atoms with Crippen LogP contribution in [0.15, 0.2) is 30.3 Å². The lowest BCUT2D eigenvalue weighted by Gasteiger charge is -2.45. The average molecular weight is 454 g/mol. The predicted molar refractivity (Wildman–Crippen MR) is 131 cm³/mol. The first-order valence-electron chi connectivity index (χ1n) is 12.6. The Hall–Kier alpha value is -2.34. The van der Waals surface area contributed by atoms with Crippen LogP contribution in [0, 0.1) is 11.8 Å². The van der Waals surface area contributed by atoms with Crippen LogP contribution >= 0.6 is 0 Å². The van der Waals surface area contributed by atoms with E-state index in [9.17, 15) is 9.59 Å². The van der Waals surface area contributed by atoms with Crippen LogP contribution in [0.3, 0.4) is 0 Å². The van der Waals surface area contributed by atoms with E-state index in [0.29, 0.717) is 30.8 Å². The highest BCUT2D eigenvalue weighted by atomic mass is 16.6. The number of hydrogen-bond acceptors (Lipinski definition) is 4. The maximum absolute atomic E-state index is 12.7. The number of rotatable bonds is 4. The van der Waals surface area contributed by atoms with Gasteiger partial charge >= 0.3 is 6.09 Å². The fourth-order valence-electron chi connectivity index (χ4n) is 5.67. The smallest absolute Gasteiger partial charge is 0.407 e. The Labute approximate surface area is 198 Å². The molecule has 1 aliphatic heterocycles. The molecule has 0 bridgehead atoms. The van der Waals surface area contributed by atoms with Crippen molar-refractivity contribution < 1.29 is 14.3 Å². The van der Waals surface area contributed by atoms with Gasteiger partial charge in [-0.3, -0.25) is 9.69 Å². The zero-order chi connectivity index (χ0) is 23.4. The third-order valence-corrected chi connectivity index (χ3v) is 7.19. The van der Waals surface area contributed by atoms with Crippen LogP contribution in [0.25, 0.3) is 6.08 Å². The first-order chi connectivity index (χ1) is 15.8. The van der Waals surface area contributed by atoms with Crippen molar-refractivity contribution in [2.75, 3.05) is 32.7 Å². The number of fused-ring (bicyclic) bond motifs is 2. The first-order valence-corrected chi connectivity index (χ1v) is 12.6. The van der Waals surface area contributed by atoms with Gasteiger partial charge in [0, 0.05) is 45.2 Å². The van der Waals surface area contributed by atoms with E-state index in [0.717, 1.165) is 26.2 Å². The molecule has 4 rings (SSSR count). The fourth-order valence-corrected chi connectivity index (χ4v) is 5.67. The Balaban J connectivity index is 1.34. The number of carbonyl (C=O) groups excluding carboxylic acids is 2. The summed E-state index contributed by atoms with van der Waals surface area (Å²) in [7, 11) is 0. The number of nitrogens with zero attached hydrogens (tertiary/aromatic N) is 2. The third kappa shape index (κ3) is 5.97. The Morgan fingerprint density at radius 3 is 2.55 bits per heavy atom. The van der Waals surface area contributed by atoms with E-state index in [4.69, 9.17) is 4.74 Å². The summed E-state index contributed by atoms with van der Waals surface area (Å²) in [6, 6.07) is 9.28. The fraction of sp³-hybridized carbons (Fsp3) is 0.630. The molecule has 33 heavy (non-hydrogen) atoms. The molecule has 0 radical (unpaired) electrons. The second-order valence-electron chi connectivity index (χ2n) is 10.6. The van der Waals surface area contributed by atoms with Crippen LogP contribution in [0.2, 0.25) is 0 Å². The van der Waals surface area contributed by atoms with E-state index < -0.39 is 11.7 Å². The van der Waals surface area contributed by atoms with Crippen molar-refractivity contribution in [3.05, 3.63) is 41.5 Å². The summed E-state index contributed by atoms with van der Waals surface area (Å²) < 4.78 is 5.24. The summed E-state index contributed by atoms with van der Waals surface area (Å²) in [6.07, 6.45) is 9.85. The number of allylic oxidation sites excluding steroid dienone is 1. The average Bonchev–Trinajstić information content (AvgIpc) is 2.95. The van der Waals surface area contributed by atoms with Gasteiger partial charge in [0.2, 0.25) is 5.91 Å². The SMILES string of the molecule is CC(C)(C)OC(=O)NCCC(=O)N1CCN(C2c3ccccc3C=CC3CCCCC32)CC1. The largest absolute Gasteiger partial charge is 0.444 e. The molecule has 3 aliphatic rings. The lowest BCUT2D eigenvalue weighted by atomic mass is 9.73. The van der Waals surface area contributed by atoms with Crippen LogP contribution in [0.4, 0.5) is 4.79 Å². The maximum Gasteiger partial charge on any atom is 0.407 e.